The summed E-state index contributed by atoms with van der Waals surface area (Å²) in [5, 5.41) is 3.98. The van der Waals surface area contributed by atoms with Gasteiger partial charge in [-0.25, -0.2) is 9.78 Å². The van der Waals surface area contributed by atoms with E-state index in [1.54, 1.807) is 13.8 Å². The minimum absolute atomic E-state index is 0.0275. The number of hydrogen-bond acceptors (Lipinski definition) is 6. The molecule has 0 aliphatic carbocycles. The van der Waals surface area contributed by atoms with Gasteiger partial charge in [0.1, 0.15) is 11.3 Å². The molecule has 0 radical (unpaired) electrons. The van der Waals surface area contributed by atoms with Crippen molar-refractivity contribution in [3.63, 3.8) is 0 Å². The number of para-hydroxylation sites is 2. The van der Waals surface area contributed by atoms with Crippen molar-refractivity contribution in [3.8, 4) is 11.4 Å². The zero-order valence-electron chi connectivity index (χ0n) is 18.6. The molecular formula is C23H25N5O4S. The van der Waals surface area contributed by atoms with Crippen LogP contribution in [0.2, 0.25) is 0 Å². The molecule has 33 heavy (non-hydrogen) atoms. The van der Waals surface area contributed by atoms with Gasteiger partial charge >= 0.3 is 6.03 Å². The molecule has 10 heteroatoms. The number of ether oxygens (including phenoxy) is 1. The van der Waals surface area contributed by atoms with Gasteiger partial charge in [0.05, 0.1) is 23.4 Å². The van der Waals surface area contributed by atoms with Crippen LogP contribution in [0.15, 0.2) is 53.7 Å². The Labute approximate surface area is 195 Å². The number of benzene rings is 2. The molecule has 2 N–H and O–H groups in total. The van der Waals surface area contributed by atoms with E-state index in [9.17, 15) is 14.4 Å². The zero-order chi connectivity index (χ0) is 23.6. The molecule has 1 unspecified atom stereocenters. The molecule has 4 amide bonds. The third-order valence-corrected chi connectivity index (χ3v) is 6.41. The van der Waals surface area contributed by atoms with Crippen LogP contribution in [0.5, 0.6) is 5.75 Å². The molecule has 1 atom stereocenters. The topological polar surface area (TPSA) is 106 Å². The van der Waals surface area contributed by atoms with Crippen molar-refractivity contribution < 1.29 is 19.1 Å². The van der Waals surface area contributed by atoms with Gasteiger partial charge in [0.25, 0.3) is 5.91 Å². The summed E-state index contributed by atoms with van der Waals surface area (Å²) in [7, 11) is 0. The van der Waals surface area contributed by atoms with Crippen molar-refractivity contribution >= 4 is 40.6 Å². The van der Waals surface area contributed by atoms with Crippen LogP contribution in [0.3, 0.4) is 0 Å². The largest absolute Gasteiger partial charge is 0.494 e. The molecule has 1 aromatic heterocycles. The SMILES string of the molecule is CCOc1ccc(-n2c(SCC(=O)NN3C(=O)NC(C)(CC)C3=O)nc3ccccc32)cc1. The van der Waals surface area contributed by atoms with Gasteiger partial charge in [0, 0.05) is 5.69 Å². The smallest absolute Gasteiger partial charge is 0.344 e. The fourth-order valence-electron chi connectivity index (χ4n) is 3.52. The number of thioether (sulfide) groups is 1. The van der Waals surface area contributed by atoms with Crippen molar-refractivity contribution in [1.82, 2.24) is 25.3 Å². The third-order valence-electron chi connectivity index (χ3n) is 5.47. The van der Waals surface area contributed by atoms with Crippen LogP contribution in [-0.4, -0.2) is 50.3 Å². The highest BCUT2D eigenvalue weighted by molar-refractivity contribution is 7.99. The van der Waals surface area contributed by atoms with Crippen molar-refractivity contribution in [3.05, 3.63) is 48.5 Å². The number of hydrogen-bond donors (Lipinski definition) is 2. The molecule has 3 aromatic rings. The number of aromatic nitrogens is 2. The van der Waals surface area contributed by atoms with Crippen LogP contribution in [0.1, 0.15) is 27.2 Å². The molecule has 1 aliphatic rings. The molecule has 1 aliphatic heterocycles. The summed E-state index contributed by atoms with van der Waals surface area (Å²) in [4.78, 5) is 41.9. The molecule has 0 bridgehead atoms. The Kier molecular flexibility index (Phi) is 6.28. The summed E-state index contributed by atoms with van der Waals surface area (Å²) in [5.74, 6) is -0.212. The number of fused-ring (bicyclic) bond motifs is 1. The summed E-state index contributed by atoms with van der Waals surface area (Å²) in [5.41, 5.74) is 3.97. The highest BCUT2D eigenvalue weighted by atomic mass is 32.2. The first kappa shape index (κ1) is 22.7. The number of nitrogens with zero attached hydrogens (tertiary/aromatic N) is 3. The number of imidazole rings is 1. The van der Waals surface area contributed by atoms with E-state index in [0.717, 1.165) is 27.5 Å². The number of amides is 4. The number of hydrazine groups is 1. The Morgan fingerprint density at radius 2 is 1.88 bits per heavy atom. The maximum atomic E-state index is 12.6. The quantitative estimate of drug-likeness (QED) is 0.389. The second-order valence-electron chi connectivity index (χ2n) is 7.73. The van der Waals surface area contributed by atoms with E-state index in [1.807, 2.05) is 60.0 Å². The predicted molar refractivity (Wildman–Crippen MR) is 125 cm³/mol. The molecule has 0 spiro atoms. The van der Waals surface area contributed by atoms with Gasteiger partial charge in [0.2, 0.25) is 5.91 Å². The number of urea groups is 1. The monoisotopic (exact) mass is 467 g/mol. The van der Waals surface area contributed by atoms with Crippen LogP contribution in [0, 0.1) is 0 Å². The highest BCUT2D eigenvalue weighted by Crippen LogP contribution is 2.29. The highest BCUT2D eigenvalue weighted by Gasteiger charge is 2.47. The lowest BCUT2D eigenvalue weighted by atomic mass is 10.00. The Morgan fingerprint density at radius 3 is 2.55 bits per heavy atom. The van der Waals surface area contributed by atoms with Crippen molar-refractivity contribution in [1.29, 1.82) is 0 Å². The minimum atomic E-state index is -1.01. The molecule has 172 valence electrons. The molecule has 0 saturated carbocycles. The molecule has 1 fully saturated rings. The second-order valence-corrected chi connectivity index (χ2v) is 8.67. The Hall–Kier alpha value is -3.53. The van der Waals surface area contributed by atoms with E-state index in [2.05, 4.69) is 15.7 Å². The summed E-state index contributed by atoms with van der Waals surface area (Å²) in [6.45, 7) is 5.94. The van der Waals surface area contributed by atoms with E-state index in [1.165, 1.54) is 11.8 Å². The number of carbonyl (C=O) groups excluding carboxylic acids is 3. The van der Waals surface area contributed by atoms with Crippen LogP contribution < -0.4 is 15.5 Å². The lowest BCUT2D eigenvalue weighted by Crippen LogP contribution is -2.49. The summed E-state index contributed by atoms with van der Waals surface area (Å²) in [6, 6.07) is 14.7. The standard InChI is InChI=1S/C23H25N5O4S/c1-4-23(3)20(30)28(21(31)25-23)26-19(29)14-33-22-24-17-8-6-7-9-18(17)27(22)15-10-12-16(13-11-15)32-5-2/h6-13H,4-5,14H2,1-3H3,(H,25,31)(H,26,29). The van der Waals surface area contributed by atoms with E-state index >= 15 is 0 Å². The summed E-state index contributed by atoms with van der Waals surface area (Å²) >= 11 is 1.22. The van der Waals surface area contributed by atoms with Gasteiger partial charge < -0.3 is 10.1 Å². The van der Waals surface area contributed by atoms with Crippen LogP contribution >= 0.6 is 11.8 Å². The number of imide groups is 1. The fraction of sp³-hybridized carbons (Fsp3) is 0.304. The van der Waals surface area contributed by atoms with E-state index in [4.69, 9.17) is 4.74 Å². The van der Waals surface area contributed by atoms with Gasteiger partial charge in [-0.15, -0.1) is 0 Å². The summed E-state index contributed by atoms with van der Waals surface area (Å²) < 4.78 is 7.49. The van der Waals surface area contributed by atoms with Crippen LogP contribution in [0.4, 0.5) is 4.79 Å². The van der Waals surface area contributed by atoms with E-state index < -0.39 is 23.4 Å². The van der Waals surface area contributed by atoms with Crippen molar-refractivity contribution in [2.45, 2.75) is 37.9 Å². The first-order valence-corrected chi connectivity index (χ1v) is 11.6. The van der Waals surface area contributed by atoms with Crippen LogP contribution in [0.25, 0.3) is 16.7 Å². The van der Waals surface area contributed by atoms with Gasteiger partial charge in [-0.3, -0.25) is 19.6 Å². The van der Waals surface area contributed by atoms with Gasteiger partial charge in [-0.1, -0.05) is 30.8 Å². The number of rotatable bonds is 8. The molecule has 2 heterocycles. The maximum absolute atomic E-state index is 12.6. The average molecular weight is 468 g/mol. The zero-order valence-corrected chi connectivity index (χ0v) is 19.4. The Balaban J connectivity index is 1.53. The first-order chi connectivity index (χ1) is 15.9. The molecule has 4 rings (SSSR count). The normalized spacial score (nSPS) is 18.0. The molecule has 1 saturated heterocycles. The molecule has 9 nitrogen and oxygen atoms in total. The number of carbonyl (C=O) groups is 3. The lowest BCUT2D eigenvalue weighted by Gasteiger charge is -2.19. The van der Waals surface area contributed by atoms with Crippen molar-refractivity contribution in [2.24, 2.45) is 0 Å². The maximum Gasteiger partial charge on any atom is 0.344 e. The Bertz CT molecular complexity index is 1210. The minimum Gasteiger partial charge on any atom is -0.494 e. The Morgan fingerprint density at radius 1 is 1.15 bits per heavy atom. The van der Waals surface area contributed by atoms with Gasteiger partial charge in [0.15, 0.2) is 5.16 Å². The summed E-state index contributed by atoms with van der Waals surface area (Å²) in [6.07, 6.45) is 0.421. The van der Waals surface area contributed by atoms with Gasteiger partial charge in [-0.2, -0.15) is 5.01 Å². The molecule has 2 aromatic carbocycles. The van der Waals surface area contributed by atoms with Crippen molar-refractivity contribution in [2.75, 3.05) is 12.4 Å². The predicted octanol–water partition coefficient (Wildman–Crippen LogP) is 3.27. The lowest BCUT2D eigenvalue weighted by molar-refractivity contribution is -0.137. The first-order valence-electron chi connectivity index (χ1n) is 10.7. The third kappa shape index (κ3) is 4.38. The number of nitrogens with one attached hydrogen (secondary N) is 2. The molecular weight excluding hydrogens is 442 g/mol. The van der Waals surface area contributed by atoms with E-state index in [-0.39, 0.29) is 5.75 Å². The average Bonchev–Trinajstić information content (AvgIpc) is 3.29. The fourth-order valence-corrected chi connectivity index (χ4v) is 4.34. The second kappa shape index (κ2) is 9.14. The van der Waals surface area contributed by atoms with Crippen LogP contribution in [-0.2, 0) is 9.59 Å². The van der Waals surface area contributed by atoms with E-state index in [0.29, 0.717) is 18.2 Å². The van der Waals surface area contributed by atoms with Gasteiger partial charge in [-0.05, 0) is 56.7 Å².